The molecule has 2 unspecified atom stereocenters. The summed E-state index contributed by atoms with van der Waals surface area (Å²) in [5.74, 6) is -0.0680. The number of phosphoric ester groups is 1. The molecule has 0 heterocycles. The van der Waals surface area contributed by atoms with Crippen LogP contribution in [-0.4, -0.2) is 77.0 Å². The van der Waals surface area contributed by atoms with E-state index in [0.29, 0.717) is 23.2 Å². The van der Waals surface area contributed by atoms with Crippen molar-refractivity contribution in [2.75, 3.05) is 60.6 Å². The van der Waals surface area contributed by atoms with Gasteiger partial charge in [0.25, 0.3) is 7.82 Å². The van der Waals surface area contributed by atoms with Crippen LogP contribution in [0.15, 0.2) is 24.3 Å². The maximum atomic E-state index is 12.5. The second-order valence-electron chi connectivity index (χ2n) is 12.6. The molecule has 0 spiro atoms. The number of phosphoric acid groups is 1. The molecule has 0 bridgehead atoms. The first-order valence-corrected chi connectivity index (χ1v) is 17.8. The van der Waals surface area contributed by atoms with Crippen molar-refractivity contribution in [3.63, 3.8) is 0 Å². The van der Waals surface area contributed by atoms with E-state index in [1.54, 1.807) is 12.1 Å². The molecule has 0 saturated heterocycles. The lowest BCUT2D eigenvalue weighted by Gasteiger charge is -2.30. The SMILES string of the molecule is CCCCCCCCCCCCCCCCOCC(CNCC(=O)c1ccc(C)cc1)OP(=O)([O-])OCC[N+](C)(C)C. The van der Waals surface area contributed by atoms with E-state index in [0.717, 1.165) is 18.4 Å². The summed E-state index contributed by atoms with van der Waals surface area (Å²) in [6, 6.07) is 7.37. The standard InChI is InChI=1S/C33H61N2O6P/c1-6-7-8-9-10-11-12-13-14-15-16-17-18-19-25-39-29-32(41-42(37,38)40-26-24-35(3,4)5)27-34-28-33(36)31-22-20-30(2)21-23-31/h20-23,32,34H,6-19,24-29H2,1-5H3. The fourth-order valence-electron chi connectivity index (χ4n) is 4.57. The molecular weight excluding hydrogens is 551 g/mol. The topological polar surface area (TPSA) is 96.9 Å². The van der Waals surface area contributed by atoms with E-state index in [-0.39, 0.29) is 32.1 Å². The molecule has 244 valence electrons. The zero-order valence-electron chi connectivity index (χ0n) is 27.4. The third kappa shape index (κ3) is 22.4. The summed E-state index contributed by atoms with van der Waals surface area (Å²) in [7, 11) is 1.37. The van der Waals surface area contributed by atoms with Gasteiger partial charge in [-0.1, -0.05) is 120 Å². The van der Waals surface area contributed by atoms with E-state index in [2.05, 4.69) is 12.2 Å². The van der Waals surface area contributed by atoms with Crippen molar-refractivity contribution >= 4 is 13.6 Å². The molecule has 0 fully saturated rings. The lowest BCUT2D eigenvalue weighted by atomic mass is 10.0. The fourth-order valence-corrected chi connectivity index (χ4v) is 5.43. The highest BCUT2D eigenvalue weighted by molar-refractivity contribution is 7.45. The van der Waals surface area contributed by atoms with Crippen LogP contribution < -0.4 is 10.2 Å². The zero-order valence-corrected chi connectivity index (χ0v) is 28.3. The number of unbranched alkanes of at least 4 members (excludes halogenated alkanes) is 13. The summed E-state index contributed by atoms with van der Waals surface area (Å²) in [4.78, 5) is 25.0. The molecule has 9 heteroatoms. The minimum absolute atomic E-state index is 0.0379. The van der Waals surface area contributed by atoms with Gasteiger partial charge in [-0.2, -0.15) is 0 Å². The van der Waals surface area contributed by atoms with Gasteiger partial charge in [-0.05, 0) is 13.3 Å². The van der Waals surface area contributed by atoms with Gasteiger partial charge in [-0.25, -0.2) is 0 Å². The van der Waals surface area contributed by atoms with Gasteiger partial charge >= 0.3 is 0 Å². The van der Waals surface area contributed by atoms with Crippen molar-refractivity contribution in [3.05, 3.63) is 35.4 Å². The molecule has 42 heavy (non-hydrogen) atoms. The second-order valence-corrected chi connectivity index (χ2v) is 14.0. The minimum atomic E-state index is -4.52. The first-order chi connectivity index (χ1) is 20.0. The van der Waals surface area contributed by atoms with Gasteiger partial charge in [0, 0.05) is 18.7 Å². The van der Waals surface area contributed by atoms with E-state index in [4.69, 9.17) is 13.8 Å². The first-order valence-electron chi connectivity index (χ1n) is 16.3. The zero-order chi connectivity index (χ0) is 31.1. The summed E-state index contributed by atoms with van der Waals surface area (Å²) in [6.45, 7) is 5.68. The lowest BCUT2D eigenvalue weighted by Crippen LogP contribution is -2.38. The van der Waals surface area contributed by atoms with Gasteiger partial charge in [0.15, 0.2) is 5.78 Å². The van der Waals surface area contributed by atoms with Gasteiger partial charge in [-0.15, -0.1) is 0 Å². The van der Waals surface area contributed by atoms with Crippen LogP contribution in [0.4, 0.5) is 0 Å². The number of carbonyl (C=O) groups excluding carboxylic acids is 1. The Balaban J connectivity index is 2.30. The Morgan fingerprint density at radius 2 is 1.38 bits per heavy atom. The normalized spacial score (nSPS) is 14.1. The number of rotatable bonds is 28. The number of hydrogen-bond acceptors (Lipinski definition) is 7. The smallest absolute Gasteiger partial charge is 0.268 e. The highest BCUT2D eigenvalue weighted by Gasteiger charge is 2.20. The molecule has 0 aliphatic carbocycles. The van der Waals surface area contributed by atoms with Crippen LogP contribution >= 0.6 is 7.82 Å². The molecule has 1 rings (SSSR count). The molecule has 2 atom stereocenters. The van der Waals surface area contributed by atoms with Crippen LogP contribution in [0.5, 0.6) is 0 Å². The Morgan fingerprint density at radius 3 is 1.90 bits per heavy atom. The summed E-state index contributed by atoms with van der Waals surface area (Å²) >= 11 is 0. The molecule has 0 radical (unpaired) electrons. The van der Waals surface area contributed by atoms with Gasteiger partial charge in [0.2, 0.25) is 0 Å². The number of Topliss-reactive ketones (excluding diaryl/α,β-unsaturated/α-hetero) is 1. The molecule has 0 aliphatic rings. The quantitative estimate of drug-likeness (QED) is 0.0479. The number of ether oxygens (including phenoxy) is 1. The van der Waals surface area contributed by atoms with Gasteiger partial charge in [0.05, 0.1) is 34.3 Å². The van der Waals surface area contributed by atoms with Crippen molar-refractivity contribution < 1.29 is 32.5 Å². The van der Waals surface area contributed by atoms with Gasteiger partial charge in [0.1, 0.15) is 19.3 Å². The summed E-state index contributed by atoms with van der Waals surface area (Å²) < 4.78 is 29.3. The van der Waals surface area contributed by atoms with Crippen molar-refractivity contribution in [3.8, 4) is 0 Å². The summed E-state index contributed by atoms with van der Waals surface area (Å²) in [5, 5.41) is 3.03. The lowest BCUT2D eigenvalue weighted by molar-refractivity contribution is -0.870. The Kier molecular flexibility index (Phi) is 21.6. The molecule has 0 aliphatic heterocycles. The van der Waals surface area contributed by atoms with E-state index >= 15 is 0 Å². The van der Waals surface area contributed by atoms with E-state index in [1.165, 1.54) is 77.0 Å². The fraction of sp³-hybridized carbons (Fsp3) is 0.788. The van der Waals surface area contributed by atoms with E-state index in [1.807, 2.05) is 40.2 Å². The molecule has 0 amide bonds. The van der Waals surface area contributed by atoms with Gasteiger partial charge < -0.3 is 28.5 Å². The molecule has 0 aromatic heterocycles. The summed E-state index contributed by atoms with van der Waals surface area (Å²) in [5.41, 5.74) is 1.69. The van der Waals surface area contributed by atoms with E-state index < -0.39 is 13.9 Å². The average Bonchev–Trinajstić information content (AvgIpc) is 2.92. The molecule has 1 aromatic rings. The number of carbonyl (C=O) groups is 1. The molecular formula is C33H61N2O6P. The Labute approximate surface area is 257 Å². The van der Waals surface area contributed by atoms with Crippen LogP contribution in [0.2, 0.25) is 0 Å². The number of likely N-dealkylation sites (N-methyl/N-ethyl adjacent to an activating group) is 1. The number of nitrogens with one attached hydrogen (secondary N) is 1. The number of ketones is 1. The van der Waals surface area contributed by atoms with Crippen molar-refractivity contribution in [1.82, 2.24) is 5.32 Å². The molecule has 1 N–H and O–H groups in total. The number of nitrogens with zero attached hydrogens (tertiary/aromatic N) is 1. The van der Waals surface area contributed by atoms with Gasteiger partial charge in [-0.3, -0.25) is 9.36 Å². The number of benzene rings is 1. The van der Waals surface area contributed by atoms with Crippen molar-refractivity contribution in [1.29, 1.82) is 0 Å². The Hall–Kier alpha value is -1.12. The van der Waals surface area contributed by atoms with Crippen LogP contribution in [0.3, 0.4) is 0 Å². The number of quaternary nitrogens is 1. The monoisotopic (exact) mass is 612 g/mol. The largest absolute Gasteiger partial charge is 0.756 e. The highest BCUT2D eigenvalue weighted by Crippen LogP contribution is 2.39. The first kappa shape index (κ1) is 38.9. The summed E-state index contributed by atoms with van der Waals surface area (Å²) in [6.07, 6.45) is 17.3. The average molecular weight is 613 g/mol. The van der Waals surface area contributed by atoms with Crippen molar-refractivity contribution in [2.45, 2.75) is 110 Å². The predicted molar refractivity (Wildman–Crippen MR) is 171 cm³/mol. The Bertz CT molecular complexity index is 859. The van der Waals surface area contributed by atoms with Crippen LogP contribution in [0.1, 0.15) is 113 Å². The number of hydrogen-bond donors (Lipinski definition) is 1. The minimum Gasteiger partial charge on any atom is -0.756 e. The maximum absolute atomic E-state index is 12.5. The third-order valence-electron chi connectivity index (χ3n) is 7.27. The van der Waals surface area contributed by atoms with E-state index in [9.17, 15) is 14.3 Å². The van der Waals surface area contributed by atoms with Crippen LogP contribution in [0, 0.1) is 6.92 Å². The third-order valence-corrected chi connectivity index (χ3v) is 8.32. The molecule has 1 aromatic carbocycles. The molecule has 8 nitrogen and oxygen atoms in total. The van der Waals surface area contributed by atoms with Crippen LogP contribution in [0.25, 0.3) is 0 Å². The maximum Gasteiger partial charge on any atom is 0.268 e. The predicted octanol–water partition coefficient (Wildman–Crippen LogP) is 6.84. The van der Waals surface area contributed by atoms with Crippen LogP contribution in [-0.2, 0) is 18.3 Å². The molecule has 0 saturated carbocycles. The highest BCUT2D eigenvalue weighted by atomic mass is 31.2. The Morgan fingerprint density at radius 1 is 0.857 bits per heavy atom. The van der Waals surface area contributed by atoms with Crippen molar-refractivity contribution in [2.24, 2.45) is 0 Å². The number of aryl methyl sites for hydroxylation is 1. The second kappa shape index (κ2) is 23.3.